The molecule has 0 aromatic heterocycles. The van der Waals surface area contributed by atoms with E-state index in [-0.39, 0.29) is 6.04 Å². The van der Waals surface area contributed by atoms with E-state index >= 15 is 0 Å². The van der Waals surface area contributed by atoms with Gasteiger partial charge in [0.25, 0.3) is 0 Å². The van der Waals surface area contributed by atoms with Crippen LogP contribution in [0, 0.1) is 5.92 Å². The van der Waals surface area contributed by atoms with Gasteiger partial charge in [0.1, 0.15) is 5.82 Å². The van der Waals surface area contributed by atoms with E-state index in [2.05, 4.69) is 73.8 Å². The fourth-order valence-electron chi connectivity index (χ4n) is 4.26. The van der Waals surface area contributed by atoms with Crippen LogP contribution in [0.2, 0.25) is 0 Å². The number of hydrogen-bond acceptors (Lipinski definition) is 4. The maximum atomic E-state index is 4.46. The molecule has 0 bridgehead atoms. The number of piperazine rings is 1. The van der Waals surface area contributed by atoms with Crippen LogP contribution in [-0.2, 0) is 0 Å². The molecule has 1 saturated heterocycles. The molecule has 0 saturated carbocycles. The first-order chi connectivity index (χ1) is 15.8. The highest BCUT2D eigenvalue weighted by atomic mass is 15.3. The Morgan fingerprint density at radius 2 is 1.91 bits per heavy atom. The fourth-order valence-corrected chi connectivity index (χ4v) is 4.26. The first-order valence-corrected chi connectivity index (χ1v) is 11.7. The molecule has 178 valence electrons. The van der Waals surface area contributed by atoms with E-state index in [0.29, 0.717) is 5.92 Å². The molecule has 1 heterocycles. The molecule has 1 N–H and O–H groups in total. The number of hydrogen-bond donors (Lipinski definition) is 1. The van der Waals surface area contributed by atoms with E-state index < -0.39 is 0 Å². The zero-order valence-electron chi connectivity index (χ0n) is 21.3. The first kappa shape index (κ1) is 26.3. The molecule has 1 aliphatic heterocycles. The standard InChI is InChI=1S/C29H42N4/c1-10-13-17-25(11-2)28-21-33(20-19-30-28)29(27-18-15-14-16-22(27)4)26(12-3)23(5)32(9)24(6)31(7)8/h10-15,17-18,22,28,30H,2-3,5-6,16,19-21H2,1,4,7-9H3/b13-10-,25-17+,29-26-. The highest BCUT2D eigenvalue weighted by molar-refractivity contribution is 5.51. The summed E-state index contributed by atoms with van der Waals surface area (Å²) in [4.78, 5) is 6.53. The molecule has 0 spiro atoms. The second kappa shape index (κ2) is 12.3. The molecule has 33 heavy (non-hydrogen) atoms. The van der Waals surface area contributed by atoms with Crippen LogP contribution in [0.25, 0.3) is 0 Å². The topological polar surface area (TPSA) is 21.8 Å². The molecule has 0 radical (unpaired) electrons. The molecule has 4 heteroatoms. The Hall–Kier alpha value is -2.98. The Labute approximate surface area is 202 Å². The summed E-state index contributed by atoms with van der Waals surface area (Å²) in [5, 5.41) is 3.67. The van der Waals surface area contributed by atoms with Gasteiger partial charge >= 0.3 is 0 Å². The third kappa shape index (κ3) is 6.29. The van der Waals surface area contributed by atoms with Crippen molar-refractivity contribution in [3.63, 3.8) is 0 Å². The van der Waals surface area contributed by atoms with Crippen molar-refractivity contribution in [3.8, 4) is 0 Å². The van der Waals surface area contributed by atoms with Crippen LogP contribution < -0.4 is 5.32 Å². The summed E-state index contributed by atoms with van der Waals surface area (Å²) in [5.74, 6) is 1.30. The molecule has 2 unspecified atom stereocenters. The minimum Gasteiger partial charge on any atom is -0.368 e. The molecule has 0 amide bonds. The number of allylic oxidation sites excluding steroid dienone is 8. The summed E-state index contributed by atoms with van der Waals surface area (Å²) in [6, 6.07) is 0.200. The average Bonchev–Trinajstić information content (AvgIpc) is 2.82. The number of nitrogens with one attached hydrogen (secondary N) is 1. The quantitative estimate of drug-likeness (QED) is 0.454. The van der Waals surface area contributed by atoms with Gasteiger partial charge in [0.15, 0.2) is 0 Å². The third-order valence-electron chi connectivity index (χ3n) is 6.40. The first-order valence-electron chi connectivity index (χ1n) is 11.7. The monoisotopic (exact) mass is 446 g/mol. The van der Waals surface area contributed by atoms with E-state index in [0.717, 1.165) is 43.1 Å². The average molecular weight is 447 g/mol. The Kier molecular flexibility index (Phi) is 9.80. The van der Waals surface area contributed by atoms with Gasteiger partial charge in [-0.2, -0.15) is 0 Å². The van der Waals surface area contributed by atoms with Gasteiger partial charge in [-0.25, -0.2) is 0 Å². The van der Waals surface area contributed by atoms with Crippen molar-refractivity contribution < 1.29 is 0 Å². The highest BCUT2D eigenvalue weighted by Crippen LogP contribution is 2.35. The van der Waals surface area contributed by atoms with Crippen molar-refractivity contribution in [2.24, 2.45) is 5.92 Å². The summed E-state index contributed by atoms with van der Waals surface area (Å²) >= 11 is 0. The summed E-state index contributed by atoms with van der Waals surface area (Å²) in [7, 11) is 6.01. The molecule has 0 aromatic carbocycles. The van der Waals surface area contributed by atoms with Crippen LogP contribution in [0.4, 0.5) is 0 Å². The fraction of sp³-hybridized carbons (Fsp3) is 0.379. The summed E-state index contributed by atoms with van der Waals surface area (Å²) in [5.41, 5.74) is 5.68. The van der Waals surface area contributed by atoms with Crippen LogP contribution in [0.5, 0.6) is 0 Å². The lowest BCUT2D eigenvalue weighted by atomic mass is 9.87. The minimum atomic E-state index is 0.200. The van der Waals surface area contributed by atoms with Gasteiger partial charge in [0.2, 0.25) is 0 Å². The summed E-state index contributed by atoms with van der Waals surface area (Å²) in [6.45, 7) is 23.9. The predicted octanol–water partition coefficient (Wildman–Crippen LogP) is 5.39. The molecular weight excluding hydrogens is 404 g/mol. The van der Waals surface area contributed by atoms with Crippen LogP contribution >= 0.6 is 0 Å². The van der Waals surface area contributed by atoms with Gasteiger partial charge in [-0.3, -0.25) is 0 Å². The van der Waals surface area contributed by atoms with Gasteiger partial charge in [0.05, 0.1) is 0 Å². The van der Waals surface area contributed by atoms with Crippen molar-refractivity contribution in [2.75, 3.05) is 40.8 Å². The molecule has 1 fully saturated rings. The Bertz CT molecular complexity index is 910. The number of likely N-dealkylation sites (N-methyl/N-ethyl adjacent to an activating group) is 1. The van der Waals surface area contributed by atoms with Crippen LogP contribution in [0.3, 0.4) is 0 Å². The molecule has 4 nitrogen and oxygen atoms in total. The predicted molar refractivity (Wildman–Crippen MR) is 144 cm³/mol. The summed E-state index contributed by atoms with van der Waals surface area (Å²) < 4.78 is 0. The third-order valence-corrected chi connectivity index (χ3v) is 6.40. The lowest BCUT2D eigenvalue weighted by molar-refractivity contribution is 0.263. The number of rotatable bonds is 10. The van der Waals surface area contributed by atoms with Crippen LogP contribution in [0.1, 0.15) is 20.3 Å². The van der Waals surface area contributed by atoms with Gasteiger partial charge in [-0.05, 0) is 30.4 Å². The smallest absolute Gasteiger partial charge is 0.100 e. The molecule has 2 atom stereocenters. The lowest BCUT2D eigenvalue weighted by Gasteiger charge is -2.41. The Morgan fingerprint density at radius 1 is 1.18 bits per heavy atom. The maximum absolute atomic E-state index is 4.46. The molecule has 2 aliphatic rings. The van der Waals surface area contributed by atoms with Gasteiger partial charge in [-0.15, -0.1) is 0 Å². The summed E-state index contributed by atoms with van der Waals surface area (Å²) in [6.07, 6.45) is 17.9. The van der Waals surface area contributed by atoms with E-state index in [4.69, 9.17) is 0 Å². The van der Waals surface area contributed by atoms with Crippen molar-refractivity contribution >= 4 is 0 Å². The van der Waals surface area contributed by atoms with E-state index in [9.17, 15) is 0 Å². The van der Waals surface area contributed by atoms with Crippen LogP contribution in [-0.4, -0.2) is 61.5 Å². The van der Waals surface area contributed by atoms with Gasteiger partial charge < -0.3 is 20.0 Å². The van der Waals surface area contributed by atoms with E-state index in [1.54, 1.807) is 0 Å². The van der Waals surface area contributed by atoms with E-state index in [1.807, 2.05) is 56.1 Å². The molecule has 0 aromatic rings. The normalized spacial score (nSPS) is 21.9. The van der Waals surface area contributed by atoms with Crippen LogP contribution in [0.15, 0.2) is 109 Å². The molecular formula is C29H42N4. The minimum absolute atomic E-state index is 0.200. The molecule has 2 rings (SSSR count). The lowest BCUT2D eigenvalue weighted by Crippen LogP contribution is -2.51. The SMILES string of the molecule is C=C/C(C(=C)N(C)C(=C)N(C)C)=C(\C1=CC=CCC1C)N1CCNC(/C(C=C)=C/C=C\C)C1. The van der Waals surface area contributed by atoms with Crippen molar-refractivity contribution in [1.82, 2.24) is 20.0 Å². The Morgan fingerprint density at radius 3 is 2.48 bits per heavy atom. The van der Waals surface area contributed by atoms with Crippen molar-refractivity contribution in [2.45, 2.75) is 26.3 Å². The van der Waals surface area contributed by atoms with Crippen molar-refractivity contribution in [1.29, 1.82) is 0 Å². The highest BCUT2D eigenvalue weighted by Gasteiger charge is 2.29. The number of nitrogens with zero attached hydrogens (tertiary/aromatic N) is 3. The molecule has 1 aliphatic carbocycles. The van der Waals surface area contributed by atoms with Gasteiger partial charge in [-0.1, -0.05) is 81.8 Å². The zero-order chi connectivity index (χ0) is 24.5. The second-order valence-corrected chi connectivity index (χ2v) is 8.82. The second-order valence-electron chi connectivity index (χ2n) is 8.82. The van der Waals surface area contributed by atoms with Gasteiger partial charge in [0, 0.05) is 63.8 Å². The largest absolute Gasteiger partial charge is 0.368 e. The van der Waals surface area contributed by atoms with E-state index in [1.165, 1.54) is 16.8 Å². The maximum Gasteiger partial charge on any atom is 0.100 e. The zero-order valence-corrected chi connectivity index (χ0v) is 21.3. The van der Waals surface area contributed by atoms with Crippen molar-refractivity contribution in [3.05, 3.63) is 109 Å². The Balaban J connectivity index is 2.58.